The zero-order chi connectivity index (χ0) is 16.9. The lowest BCUT2D eigenvalue weighted by Crippen LogP contribution is -2.35. The lowest BCUT2D eigenvalue weighted by Gasteiger charge is -2.13. The lowest BCUT2D eigenvalue weighted by molar-refractivity contribution is -0.125. The summed E-state index contributed by atoms with van der Waals surface area (Å²) in [4.78, 5) is 29.5. The van der Waals surface area contributed by atoms with Crippen LogP contribution in [0.25, 0.3) is 4.96 Å². The van der Waals surface area contributed by atoms with Crippen molar-refractivity contribution in [1.82, 2.24) is 20.0 Å². The third-order valence-electron chi connectivity index (χ3n) is 4.21. The number of rotatable bonds is 7. The number of carbonyl (C=O) groups excluding carboxylic acids is 2. The maximum Gasteiger partial charge on any atom is 0.271 e. The Morgan fingerprint density at radius 2 is 2.33 bits per heavy atom. The second-order valence-electron chi connectivity index (χ2n) is 5.89. The lowest BCUT2D eigenvalue weighted by atomic mass is 10.1. The number of fused-ring (bicyclic) bond motifs is 1. The van der Waals surface area contributed by atoms with Gasteiger partial charge < -0.3 is 15.4 Å². The van der Waals surface area contributed by atoms with Gasteiger partial charge in [-0.1, -0.05) is 0 Å². The molecule has 7 nitrogen and oxygen atoms in total. The van der Waals surface area contributed by atoms with E-state index in [0.29, 0.717) is 31.9 Å². The van der Waals surface area contributed by atoms with Crippen LogP contribution in [0.5, 0.6) is 0 Å². The minimum atomic E-state index is -0.173. The van der Waals surface area contributed by atoms with Crippen molar-refractivity contribution >= 4 is 28.1 Å². The van der Waals surface area contributed by atoms with Crippen LogP contribution >= 0.6 is 11.3 Å². The number of aromatic nitrogens is 2. The molecule has 2 N–H and O–H groups in total. The molecule has 130 valence electrons. The molecule has 3 rings (SSSR count). The Balaban J connectivity index is 1.46. The van der Waals surface area contributed by atoms with E-state index in [0.717, 1.165) is 17.8 Å². The fourth-order valence-electron chi connectivity index (χ4n) is 2.98. The van der Waals surface area contributed by atoms with Gasteiger partial charge in [0.25, 0.3) is 5.91 Å². The smallest absolute Gasteiger partial charge is 0.271 e. The van der Waals surface area contributed by atoms with Gasteiger partial charge >= 0.3 is 0 Å². The van der Waals surface area contributed by atoms with E-state index in [1.807, 2.05) is 22.9 Å². The molecule has 1 fully saturated rings. The molecule has 0 aliphatic heterocycles. The number of carbonyl (C=O) groups is 2. The Morgan fingerprint density at radius 1 is 1.46 bits per heavy atom. The van der Waals surface area contributed by atoms with Crippen LogP contribution in [0.3, 0.4) is 0 Å². The van der Waals surface area contributed by atoms with E-state index in [1.54, 1.807) is 6.20 Å². The number of nitrogens with zero attached hydrogens (tertiary/aromatic N) is 2. The summed E-state index contributed by atoms with van der Waals surface area (Å²) >= 11 is 1.49. The van der Waals surface area contributed by atoms with Crippen LogP contribution in [0.2, 0.25) is 0 Å². The first-order valence-corrected chi connectivity index (χ1v) is 9.14. The minimum Gasteiger partial charge on any atom is -0.380 e. The summed E-state index contributed by atoms with van der Waals surface area (Å²) in [6.45, 7) is 3.65. The molecule has 0 saturated heterocycles. The number of hydrogen-bond donors (Lipinski definition) is 2. The van der Waals surface area contributed by atoms with Crippen molar-refractivity contribution in [2.24, 2.45) is 5.92 Å². The summed E-state index contributed by atoms with van der Waals surface area (Å²) in [6.07, 6.45) is 5.89. The molecule has 1 aliphatic rings. The van der Waals surface area contributed by atoms with Crippen LogP contribution in [0.15, 0.2) is 17.8 Å². The molecule has 2 amide bonds. The first kappa shape index (κ1) is 16.9. The zero-order valence-electron chi connectivity index (χ0n) is 13.7. The van der Waals surface area contributed by atoms with Crippen molar-refractivity contribution in [2.75, 3.05) is 19.8 Å². The Bertz CT molecular complexity index is 683. The predicted octanol–water partition coefficient (Wildman–Crippen LogP) is 1.45. The molecule has 0 bridgehead atoms. The summed E-state index contributed by atoms with van der Waals surface area (Å²) < 4.78 is 7.04. The number of nitrogens with one attached hydrogen (secondary N) is 2. The molecule has 0 unspecified atom stereocenters. The minimum absolute atomic E-state index is 0.0277. The van der Waals surface area contributed by atoms with Gasteiger partial charge in [-0.2, -0.15) is 0 Å². The van der Waals surface area contributed by atoms with Gasteiger partial charge in [0.05, 0.1) is 6.61 Å². The molecule has 2 aromatic heterocycles. The van der Waals surface area contributed by atoms with Crippen LogP contribution in [0.1, 0.15) is 36.7 Å². The van der Waals surface area contributed by atoms with Gasteiger partial charge in [0, 0.05) is 42.9 Å². The highest BCUT2D eigenvalue weighted by molar-refractivity contribution is 7.15. The maximum absolute atomic E-state index is 12.3. The molecule has 0 radical (unpaired) electrons. The fourth-order valence-corrected chi connectivity index (χ4v) is 3.68. The summed E-state index contributed by atoms with van der Waals surface area (Å²) in [5.41, 5.74) is 0.423. The molecular weight excluding hydrogens is 328 g/mol. The summed E-state index contributed by atoms with van der Waals surface area (Å²) in [5.74, 6) is -0.162. The molecule has 24 heavy (non-hydrogen) atoms. The van der Waals surface area contributed by atoms with Crippen LogP contribution in [0, 0.1) is 5.92 Å². The first-order valence-electron chi connectivity index (χ1n) is 8.26. The van der Waals surface area contributed by atoms with Crippen molar-refractivity contribution in [3.63, 3.8) is 0 Å². The molecule has 1 aliphatic carbocycles. The van der Waals surface area contributed by atoms with Gasteiger partial charge in [0.1, 0.15) is 5.69 Å². The van der Waals surface area contributed by atoms with Gasteiger partial charge in [0.2, 0.25) is 5.91 Å². The van der Waals surface area contributed by atoms with Crippen molar-refractivity contribution in [1.29, 1.82) is 0 Å². The maximum atomic E-state index is 12.3. The first-order chi connectivity index (χ1) is 11.7. The Hall–Kier alpha value is -1.93. The Morgan fingerprint density at radius 3 is 3.12 bits per heavy atom. The van der Waals surface area contributed by atoms with E-state index < -0.39 is 0 Å². The Labute approximate surface area is 144 Å². The largest absolute Gasteiger partial charge is 0.380 e. The fraction of sp³-hybridized carbons (Fsp3) is 0.562. The highest BCUT2D eigenvalue weighted by Gasteiger charge is 2.31. The SMILES string of the molecule is CCOCCNC(=O)[C@H]1CC[C@@H](NC(=O)c2cn3ccsc3n2)C1. The van der Waals surface area contributed by atoms with E-state index in [1.165, 1.54) is 11.3 Å². The summed E-state index contributed by atoms with van der Waals surface area (Å²) in [7, 11) is 0. The summed E-state index contributed by atoms with van der Waals surface area (Å²) in [6, 6.07) is 0.0277. The standard InChI is InChI=1S/C16H22N4O3S/c1-2-23-7-5-17-14(21)11-3-4-12(9-11)18-15(22)13-10-20-6-8-24-16(20)19-13/h6,8,10-12H,2-5,7,9H2,1H3,(H,17,21)(H,18,22)/t11-,12+/m0/s1. The average Bonchev–Trinajstić information content (AvgIpc) is 3.26. The molecule has 0 aromatic carbocycles. The van der Waals surface area contributed by atoms with Gasteiger partial charge in [-0.05, 0) is 26.2 Å². The topological polar surface area (TPSA) is 84.7 Å². The van der Waals surface area contributed by atoms with Crippen molar-refractivity contribution < 1.29 is 14.3 Å². The van der Waals surface area contributed by atoms with Crippen LogP contribution in [0.4, 0.5) is 0 Å². The van der Waals surface area contributed by atoms with E-state index in [9.17, 15) is 9.59 Å². The molecule has 1 saturated carbocycles. The predicted molar refractivity (Wildman–Crippen MR) is 91.2 cm³/mol. The monoisotopic (exact) mass is 350 g/mol. The van der Waals surface area contributed by atoms with E-state index in [4.69, 9.17) is 4.74 Å². The van der Waals surface area contributed by atoms with E-state index in [2.05, 4.69) is 15.6 Å². The van der Waals surface area contributed by atoms with Crippen molar-refractivity contribution in [3.8, 4) is 0 Å². The Kier molecular flexibility index (Phi) is 5.47. The van der Waals surface area contributed by atoms with E-state index >= 15 is 0 Å². The molecular formula is C16H22N4O3S. The molecule has 2 atom stereocenters. The third-order valence-corrected chi connectivity index (χ3v) is 4.99. The second kappa shape index (κ2) is 7.76. The normalized spacial score (nSPS) is 20.4. The molecule has 2 heterocycles. The van der Waals surface area contributed by atoms with Gasteiger partial charge in [0.15, 0.2) is 4.96 Å². The second-order valence-corrected chi connectivity index (χ2v) is 6.76. The number of amides is 2. The number of ether oxygens (including phenoxy) is 1. The average molecular weight is 350 g/mol. The molecule has 2 aromatic rings. The van der Waals surface area contributed by atoms with Crippen molar-refractivity contribution in [2.45, 2.75) is 32.2 Å². The van der Waals surface area contributed by atoms with Gasteiger partial charge in [-0.25, -0.2) is 4.98 Å². The van der Waals surface area contributed by atoms with Crippen molar-refractivity contribution in [3.05, 3.63) is 23.5 Å². The number of hydrogen-bond acceptors (Lipinski definition) is 5. The van der Waals surface area contributed by atoms with Crippen LogP contribution in [-0.4, -0.2) is 47.0 Å². The highest BCUT2D eigenvalue weighted by atomic mass is 32.1. The summed E-state index contributed by atoms with van der Waals surface area (Å²) in [5, 5.41) is 7.81. The van der Waals surface area contributed by atoms with Gasteiger partial charge in [-0.15, -0.1) is 11.3 Å². The number of imidazole rings is 1. The number of thiazole rings is 1. The molecule has 0 spiro atoms. The quantitative estimate of drug-likeness (QED) is 0.740. The highest BCUT2D eigenvalue weighted by Crippen LogP contribution is 2.26. The van der Waals surface area contributed by atoms with E-state index in [-0.39, 0.29) is 23.8 Å². The third kappa shape index (κ3) is 3.93. The zero-order valence-corrected chi connectivity index (χ0v) is 14.5. The van der Waals surface area contributed by atoms with Crippen LogP contribution < -0.4 is 10.6 Å². The van der Waals surface area contributed by atoms with Gasteiger partial charge in [-0.3, -0.25) is 14.0 Å². The van der Waals surface area contributed by atoms with Crippen LogP contribution in [-0.2, 0) is 9.53 Å². The molecule has 8 heteroatoms.